The molecule has 0 saturated heterocycles. The Bertz CT molecular complexity index is 737. The van der Waals surface area contributed by atoms with E-state index >= 15 is 0 Å². The molecule has 0 aliphatic carbocycles. The molecule has 2 amide bonds. The van der Waals surface area contributed by atoms with Crippen LogP contribution in [-0.4, -0.2) is 29.3 Å². The van der Waals surface area contributed by atoms with Crippen molar-refractivity contribution >= 4 is 44.9 Å². The van der Waals surface area contributed by atoms with Gasteiger partial charge in [-0.05, 0) is 36.5 Å². The summed E-state index contributed by atoms with van der Waals surface area (Å²) in [4.78, 5) is 14.5. The average Bonchev–Trinajstić information content (AvgIpc) is 2.97. The third-order valence-electron chi connectivity index (χ3n) is 3.52. The second-order valence-electron chi connectivity index (χ2n) is 7.12. The van der Waals surface area contributed by atoms with Crippen molar-refractivity contribution in [1.82, 2.24) is 10.2 Å². The van der Waals surface area contributed by atoms with Gasteiger partial charge in [-0.15, -0.1) is 10.2 Å². The highest BCUT2D eigenvalue weighted by Gasteiger charge is 2.16. The smallest absolute Gasteiger partial charge is 0.325 e. The minimum atomic E-state index is -0.364. The van der Waals surface area contributed by atoms with Gasteiger partial charge in [0.15, 0.2) is 0 Å². The fraction of sp³-hybridized carbons (Fsp3) is 0.500. The molecular weight excluding hydrogens is 370 g/mol. The van der Waals surface area contributed by atoms with Crippen LogP contribution < -0.4 is 15.5 Å². The fourth-order valence-electron chi connectivity index (χ4n) is 2.49. The van der Waals surface area contributed by atoms with Gasteiger partial charge in [-0.3, -0.25) is 5.32 Å². The maximum Gasteiger partial charge on any atom is 0.325 e. The molecule has 0 bridgehead atoms. The van der Waals surface area contributed by atoms with Crippen molar-refractivity contribution in [2.45, 2.75) is 34.6 Å². The SMILES string of the molecule is Cc1ccc(Cl)cc1NC(=O)Nc1nnc(N(CC(C)C)CC(C)C)s1. The maximum absolute atomic E-state index is 12.2. The molecule has 1 aromatic carbocycles. The zero-order valence-corrected chi connectivity index (χ0v) is 17.4. The van der Waals surface area contributed by atoms with E-state index in [4.69, 9.17) is 11.6 Å². The summed E-state index contributed by atoms with van der Waals surface area (Å²) in [5.41, 5.74) is 1.60. The number of amides is 2. The van der Waals surface area contributed by atoms with Crippen LogP contribution in [0.15, 0.2) is 18.2 Å². The number of urea groups is 1. The molecule has 0 spiro atoms. The molecule has 0 aliphatic rings. The molecule has 2 rings (SSSR count). The molecule has 0 radical (unpaired) electrons. The minimum absolute atomic E-state index is 0.364. The Labute approximate surface area is 164 Å². The first kappa shape index (κ1) is 20.5. The number of carbonyl (C=O) groups is 1. The summed E-state index contributed by atoms with van der Waals surface area (Å²) in [6.45, 7) is 12.4. The number of aromatic nitrogens is 2. The third-order valence-corrected chi connectivity index (χ3v) is 4.66. The van der Waals surface area contributed by atoms with Crippen molar-refractivity contribution in [2.75, 3.05) is 28.6 Å². The quantitative estimate of drug-likeness (QED) is 0.670. The van der Waals surface area contributed by atoms with Crippen molar-refractivity contribution in [3.63, 3.8) is 0 Å². The molecule has 2 N–H and O–H groups in total. The van der Waals surface area contributed by atoms with Crippen LogP contribution in [0.2, 0.25) is 5.02 Å². The standard InChI is InChI=1S/C18H26ClN5OS/c1-11(2)9-24(10-12(3)4)18-23-22-17(26-18)21-16(25)20-15-8-14(19)7-6-13(15)5/h6-8,11-12H,9-10H2,1-5H3,(H2,20,21,22,25). The summed E-state index contributed by atoms with van der Waals surface area (Å²) in [6, 6.07) is 5.00. The molecule has 8 heteroatoms. The molecule has 2 aromatic rings. The predicted octanol–water partition coefficient (Wildman–Crippen LogP) is 5.26. The van der Waals surface area contributed by atoms with Gasteiger partial charge < -0.3 is 10.2 Å². The van der Waals surface area contributed by atoms with Crippen LogP contribution in [0.1, 0.15) is 33.3 Å². The molecule has 26 heavy (non-hydrogen) atoms. The number of anilines is 3. The highest BCUT2D eigenvalue weighted by molar-refractivity contribution is 7.19. The van der Waals surface area contributed by atoms with Crippen molar-refractivity contribution < 1.29 is 4.79 Å². The van der Waals surface area contributed by atoms with Crippen molar-refractivity contribution in [3.05, 3.63) is 28.8 Å². The Morgan fingerprint density at radius 2 is 1.81 bits per heavy atom. The predicted molar refractivity (Wildman–Crippen MR) is 111 cm³/mol. The summed E-state index contributed by atoms with van der Waals surface area (Å²) in [6.07, 6.45) is 0. The number of hydrogen-bond acceptors (Lipinski definition) is 5. The summed E-state index contributed by atoms with van der Waals surface area (Å²) in [5.74, 6) is 1.03. The number of nitrogens with one attached hydrogen (secondary N) is 2. The zero-order chi connectivity index (χ0) is 19.3. The molecule has 142 valence electrons. The molecular formula is C18H26ClN5OS. The Morgan fingerprint density at radius 1 is 1.15 bits per heavy atom. The van der Waals surface area contributed by atoms with Gasteiger partial charge in [0.2, 0.25) is 10.3 Å². The minimum Gasteiger partial charge on any atom is -0.346 e. The Morgan fingerprint density at radius 3 is 2.42 bits per heavy atom. The van der Waals surface area contributed by atoms with Gasteiger partial charge in [-0.25, -0.2) is 4.79 Å². The largest absolute Gasteiger partial charge is 0.346 e. The van der Waals surface area contributed by atoms with Crippen LogP contribution in [0.5, 0.6) is 0 Å². The van der Waals surface area contributed by atoms with Crippen LogP contribution in [0.3, 0.4) is 0 Å². The topological polar surface area (TPSA) is 70.1 Å². The second kappa shape index (κ2) is 9.19. The van der Waals surface area contributed by atoms with Gasteiger partial charge in [-0.2, -0.15) is 0 Å². The monoisotopic (exact) mass is 395 g/mol. The van der Waals surface area contributed by atoms with E-state index in [1.54, 1.807) is 12.1 Å². The normalized spacial score (nSPS) is 11.1. The van der Waals surface area contributed by atoms with Crippen LogP contribution in [-0.2, 0) is 0 Å². The van der Waals surface area contributed by atoms with Crippen molar-refractivity contribution in [1.29, 1.82) is 0 Å². The Kier molecular flexibility index (Phi) is 7.23. The van der Waals surface area contributed by atoms with Crippen molar-refractivity contribution in [3.8, 4) is 0 Å². The van der Waals surface area contributed by atoms with Gasteiger partial charge >= 0.3 is 6.03 Å². The molecule has 0 aliphatic heterocycles. The maximum atomic E-state index is 12.2. The summed E-state index contributed by atoms with van der Waals surface area (Å²) >= 11 is 7.36. The van der Waals surface area contributed by atoms with Crippen LogP contribution >= 0.6 is 22.9 Å². The molecule has 0 unspecified atom stereocenters. The first-order valence-electron chi connectivity index (χ1n) is 8.67. The highest BCUT2D eigenvalue weighted by Crippen LogP contribution is 2.26. The van der Waals surface area contributed by atoms with Crippen LogP contribution in [0.25, 0.3) is 0 Å². The van der Waals surface area contributed by atoms with E-state index in [-0.39, 0.29) is 6.03 Å². The van der Waals surface area contributed by atoms with E-state index < -0.39 is 0 Å². The van der Waals surface area contributed by atoms with Gasteiger partial charge in [0, 0.05) is 23.8 Å². The Hall–Kier alpha value is -1.86. The molecule has 0 saturated carbocycles. The lowest BCUT2D eigenvalue weighted by Gasteiger charge is -2.25. The number of nitrogens with zero attached hydrogens (tertiary/aromatic N) is 3. The molecule has 0 atom stereocenters. The van der Waals surface area contributed by atoms with E-state index in [2.05, 4.69) is 53.4 Å². The first-order valence-corrected chi connectivity index (χ1v) is 9.86. The molecule has 0 fully saturated rings. The number of aryl methyl sites for hydroxylation is 1. The van der Waals surface area contributed by atoms with Crippen LogP contribution in [0, 0.1) is 18.8 Å². The van der Waals surface area contributed by atoms with E-state index in [0.717, 1.165) is 23.8 Å². The van der Waals surface area contributed by atoms with E-state index in [1.165, 1.54) is 11.3 Å². The second-order valence-corrected chi connectivity index (χ2v) is 8.51. The van der Waals surface area contributed by atoms with Crippen LogP contribution in [0.4, 0.5) is 20.7 Å². The van der Waals surface area contributed by atoms with E-state index in [1.807, 2.05) is 13.0 Å². The lowest BCUT2D eigenvalue weighted by Crippen LogP contribution is -2.31. The molecule has 6 nitrogen and oxygen atoms in total. The summed E-state index contributed by atoms with van der Waals surface area (Å²) < 4.78 is 0. The van der Waals surface area contributed by atoms with E-state index in [9.17, 15) is 4.79 Å². The fourth-order valence-corrected chi connectivity index (χ4v) is 3.42. The zero-order valence-electron chi connectivity index (χ0n) is 15.8. The summed E-state index contributed by atoms with van der Waals surface area (Å²) in [5, 5.41) is 15.7. The summed E-state index contributed by atoms with van der Waals surface area (Å²) in [7, 11) is 0. The number of halogens is 1. The number of hydrogen-bond donors (Lipinski definition) is 2. The van der Waals surface area contributed by atoms with E-state index in [0.29, 0.717) is 27.7 Å². The lowest BCUT2D eigenvalue weighted by atomic mass is 10.1. The third kappa shape index (κ3) is 6.14. The number of benzene rings is 1. The van der Waals surface area contributed by atoms with Gasteiger partial charge in [-0.1, -0.05) is 56.7 Å². The Balaban J connectivity index is 2.04. The lowest BCUT2D eigenvalue weighted by molar-refractivity contribution is 0.262. The average molecular weight is 396 g/mol. The van der Waals surface area contributed by atoms with Gasteiger partial charge in [0.05, 0.1) is 0 Å². The van der Waals surface area contributed by atoms with Gasteiger partial charge in [0.1, 0.15) is 0 Å². The number of rotatable bonds is 7. The highest BCUT2D eigenvalue weighted by atomic mass is 35.5. The molecule has 1 heterocycles. The first-order chi connectivity index (χ1) is 12.2. The number of carbonyl (C=O) groups excluding carboxylic acids is 1. The molecule has 1 aromatic heterocycles. The van der Waals surface area contributed by atoms with Crippen molar-refractivity contribution in [2.24, 2.45) is 11.8 Å². The van der Waals surface area contributed by atoms with Gasteiger partial charge in [0.25, 0.3) is 0 Å².